The first-order valence-corrected chi connectivity index (χ1v) is 7.77. The molecule has 104 valence electrons. The smallest absolute Gasteiger partial charge is 0.282 e. The number of nitriles is 1. The molecular weight excluding hydrogens is 294 g/mol. The highest BCUT2D eigenvalue weighted by atomic mass is 32.2. The summed E-state index contributed by atoms with van der Waals surface area (Å²) >= 11 is 0.378. The first-order valence-electron chi connectivity index (χ1n) is 5.35. The van der Waals surface area contributed by atoms with Gasteiger partial charge in [-0.15, -0.1) is 0 Å². The van der Waals surface area contributed by atoms with Gasteiger partial charge in [-0.2, -0.15) is 14.0 Å². The van der Waals surface area contributed by atoms with Gasteiger partial charge < -0.3 is 0 Å². The van der Waals surface area contributed by atoms with Gasteiger partial charge in [0.25, 0.3) is 5.76 Å². The van der Waals surface area contributed by atoms with Crippen LogP contribution in [0.5, 0.6) is 0 Å². The van der Waals surface area contributed by atoms with Gasteiger partial charge in [-0.25, -0.2) is 8.42 Å². The standard InChI is InChI=1S/C11H12F2N2O2S2/c1-2-10(7-14)19(16,17)15-8-3-5-9(6-4-8)18-11(12)13/h3-6,10-11,15H,2H2,1H3. The zero-order valence-electron chi connectivity index (χ0n) is 10.0. The lowest BCUT2D eigenvalue weighted by molar-refractivity contribution is 0.252. The highest BCUT2D eigenvalue weighted by Crippen LogP contribution is 2.26. The van der Waals surface area contributed by atoms with E-state index in [-0.39, 0.29) is 12.1 Å². The van der Waals surface area contributed by atoms with Crippen molar-refractivity contribution in [3.8, 4) is 6.07 Å². The fraction of sp³-hybridized carbons (Fsp3) is 0.364. The maximum Gasteiger partial charge on any atom is 0.288 e. The Labute approximate surface area is 114 Å². The number of sulfonamides is 1. The Hall–Kier alpha value is -1.33. The molecule has 1 aromatic carbocycles. The van der Waals surface area contributed by atoms with E-state index in [4.69, 9.17) is 5.26 Å². The van der Waals surface area contributed by atoms with Crippen molar-refractivity contribution in [2.75, 3.05) is 4.72 Å². The number of alkyl halides is 2. The minimum atomic E-state index is -3.78. The summed E-state index contributed by atoms with van der Waals surface area (Å²) < 4.78 is 50.0. The molecule has 0 fully saturated rings. The molecule has 1 N–H and O–H groups in total. The van der Waals surface area contributed by atoms with E-state index in [1.807, 2.05) is 0 Å². The van der Waals surface area contributed by atoms with E-state index in [2.05, 4.69) is 4.72 Å². The fourth-order valence-electron chi connectivity index (χ4n) is 1.32. The zero-order valence-corrected chi connectivity index (χ0v) is 11.6. The van der Waals surface area contributed by atoms with Crippen molar-refractivity contribution in [1.82, 2.24) is 0 Å². The Kier molecular flexibility index (Phi) is 5.57. The van der Waals surface area contributed by atoms with Gasteiger partial charge in [0, 0.05) is 10.6 Å². The normalized spacial score (nSPS) is 13.0. The summed E-state index contributed by atoms with van der Waals surface area (Å²) in [6.45, 7) is 1.59. The molecule has 8 heteroatoms. The molecule has 1 aromatic rings. The Morgan fingerprint density at radius 3 is 2.37 bits per heavy atom. The van der Waals surface area contributed by atoms with Crippen LogP contribution in [0.15, 0.2) is 29.2 Å². The second-order valence-corrected chi connectivity index (χ2v) is 6.50. The third-order valence-electron chi connectivity index (χ3n) is 2.23. The molecule has 0 spiro atoms. The van der Waals surface area contributed by atoms with E-state index >= 15 is 0 Å². The van der Waals surface area contributed by atoms with Crippen molar-refractivity contribution >= 4 is 27.5 Å². The topological polar surface area (TPSA) is 70.0 Å². The van der Waals surface area contributed by atoms with Crippen molar-refractivity contribution in [3.05, 3.63) is 24.3 Å². The molecule has 19 heavy (non-hydrogen) atoms. The van der Waals surface area contributed by atoms with E-state index in [1.165, 1.54) is 24.3 Å². The van der Waals surface area contributed by atoms with Gasteiger partial charge in [0.1, 0.15) is 0 Å². The molecule has 0 aromatic heterocycles. The monoisotopic (exact) mass is 306 g/mol. The SMILES string of the molecule is CCC(C#N)S(=O)(=O)Nc1ccc(SC(F)F)cc1. The van der Waals surface area contributed by atoms with Gasteiger partial charge in [0.15, 0.2) is 5.25 Å². The quantitative estimate of drug-likeness (QED) is 0.820. The summed E-state index contributed by atoms with van der Waals surface area (Å²) in [6, 6.07) is 7.24. The first kappa shape index (κ1) is 15.7. The largest absolute Gasteiger partial charge is 0.288 e. The summed E-state index contributed by atoms with van der Waals surface area (Å²) in [5, 5.41) is 7.59. The molecule has 0 heterocycles. The van der Waals surface area contributed by atoms with Crippen LogP contribution >= 0.6 is 11.8 Å². The Morgan fingerprint density at radius 1 is 1.37 bits per heavy atom. The maximum atomic E-state index is 12.1. The number of benzene rings is 1. The molecule has 1 rings (SSSR count). The molecule has 0 aliphatic carbocycles. The van der Waals surface area contributed by atoms with Gasteiger partial charge in [-0.05, 0) is 30.7 Å². The summed E-state index contributed by atoms with van der Waals surface area (Å²) in [4.78, 5) is 0.338. The zero-order chi connectivity index (χ0) is 14.5. The van der Waals surface area contributed by atoms with Gasteiger partial charge >= 0.3 is 0 Å². The van der Waals surface area contributed by atoms with Gasteiger partial charge in [0.05, 0.1) is 6.07 Å². The summed E-state index contributed by atoms with van der Waals surface area (Å²) in [5.74, 6) is -2.52. The molecule has 0 amide bonds. The number of nitrogens with one attached hydrogen (secondary N) is 1. The Morgan fingerprint density at radius 2 is 1.95 bits per heavy atom. The fourth-order valence-corrected chi connectivity index (χ4v) is 3.00. The lowest BCUT2D eigenvalue weighted by Crippen LogP contribution is -2.25. The molecule has 4 nitrogen and oxygen atoms in total. The third-order valence-corrected chi connectivity index (χ3v) is 4.66. The minimum absolute atomic E-state index is 0.172. The molecule has 0 radical (unpaired) electrons. The Balaban J connectivity index is 2.81. The molecule has 0 aliphatic heterocycles. The molecule has 0 aliphatic rings. The highest BCUT2D eigenvalue weighted by Gasteiger charge is 2.23. The number of nitrogens with zero attached hydrogens (tertiary/aromatic N) is 1. The lowest BCUT2D eigenvalue weighted by Gasteiger charge is -2.11. The molecule has 0 saturated carbocycles. The van der Waals surface area contributed by atoms with E-state index < -0.39 is 21.0 Å². The second-order valence-electron chi connectivity index (χ2n) is 3.58. The predicted octanol–water partition coefficient (Wildman–Crippen LogP) is 3.05. The van der Waals surface area contributed by atoms with Crippen molar-refractivity contribution < 1.29 is 17.2 Å². The predicted molar refractivity (Wildman–Crippen MR) is 70.5 cm³/mol. The highest BCUT2D eigenvalue weighted by molar-refractivity contribution is 7.99. The molecule has 1 atom stereocenters. The summed E-state index contributed by atoms with van der Waals surface area (Å²) in [7, 11) is -3.78. The van der Waals surface area contributed by atoms with Gasteiger partial charge in [0.2, 0.25) is 10.0 Å². The number of hydrogen-bond acceptors (Lipinski definition) is 4. The second kappa shape index (κ2) is 6.73. The van der Waals surface area contributed by atoms with Crippen molar-refractivity contribution in [1.29, 1.82) is 5.26 Å². The van der Waals surface area contributed by atoms with Crippen molar-refractivity contribution in [2.45, 2.75) is 29.2 Å². The van der Waals surface area contributed by atoms with Gasteiger partial charge in [-0.1, -0.05) is 18.7 Å². The van der Waals surface area contributed by atoms with E-state index in [0.717, 1.165) is 0 Å². The van der Waals surface area contributed by atoms with Crippen molar-refractivity contribution in [3.63, 3.8) is 0 Å². The first-order chi connectivity index (χ1) is 8.89. The minimum Gasteiger partial charge on any atom is -0.282 e. The number of hydrogen-bond donors (Lipinski definition) is 1. The summed E-state index contributed by atoms with van der Waals surface area (Å²) in [6.07, 6.45) is 0.172. The van der Waals surface area contributed by atoms with Crippen LogP contribution in [0.1, 0.15) is 13.3 Å². The van der Waals surface area contributed by atoms with Crippen LogP contribution in [0.3, 0.4) is 0 Å². The van der Waals surface area contributed by atoms with E-state index in [9.17, 15) is 17.2 Å². The van der Waals surface area contributed by atoms with Crippen LogP contribution in [0.25, 0.3) is 0 Å². The van der Waals surface area contributed by atoms with Crippen molar-refractivity contribution in [2.24, 2.45) is 0 Å². The molecular formula is C11H12F2N2O2S2. The number of halogens is 2. The van der Waals surface area contributed by atoms with E-state index in [0.29, 0.717) is 16.7 Å². The molecule has 0 saturated heterocycles. The van der Waals surface area contributed by atoms with E-state index in [1.54, 1.807) is 13.0 Å². The average molecular weight is 306 g/mol. The van der Waals surface area contributed by atoms with Crippen LogP contribution in [0.2, 0.25) is 0 Å². The molecule has 0 bridgehead atoms. The average Bonchev–Trinajstić information content (AvgIpc) is 2.31. The third kappa shape index (κ3) is 4.69. The molecule has 1 unspecified atom stereocenters. The number of thioether (sulfide) groups is 1. The van der Waals surface area contributed by atoms with Crippen LogP contribution in [-0.4, -0.2) is 19.4 Å². The van der Waals surface area contributed by atoms with Crippen LogP contribution in [0.4, 0.5) is 14.5 Å². The number of rotatable bonds is 6. The van der Waals surface area contributed by atoms with Crippen LogP contribution in [-0.2, 0) is 10.0 Å². The van der Waals surface area contributed by atoms with Crippen LogP contribution < -0.4 is 4.72 Å². The van der Waals surface area contributed by atoms with Crippen LogP contribution in [0, 0.1) is 11.3 Å². The summed E-state index contributed by atoms with van der Waals surface area (Å²) in [5.41, 5.74) is 0.243. The lowest BCUT2D eigenvalue weighted by atomic mass is 10.3. The number of anilines is 1. The van der Waals surface area contributed by atoms with Gasteiger partial charge in [-0.3, -0.25) is 4.72 Å². The Bertz CT molecular complexity index is 553. The maximum absolute atomic E-state index is 12.1.